The fourth-order valence-corrected chi connectivity index (χ4v) is 3.83. The molecule has 2 aromatic carbocycles. The largest absolute Gasteiger partial charge is 0.506 e. The Morgan fingerprint density at radius 3 is 2.41 bits per heavy atom. The number of hydrogen-bond donors (Lipinski definition) is 3. The first-order valence-corrected chi connectivity index (χ1v) is 9.39. The molecule has 0 radical (unpaired) electrons. The SMILES string of the molecule is O=CNc1c(CC(=O)O)ccc2c1c1c(O)cncc1n2Cc1ccc(C(F)(F)F)cc1. The van der Waals surface area contributed by atoms with Crippen LogP contribution in [-0.4, -0.2) is 32.1 Å². The molecule has 0 aliphatic carbocycles. The third kappa shape index (κ3) is 3.70. The highest BCUT2D eigenvalue weighted by Crippen LogP contribution is 2.40. The van der Waals surface area contributed by atoms with Crippen LogP contribution in [0.1, 0.15) is 16.7 Å². The number of pyridine rings is 1. The van der Waals surface area contributed by atoms with Crippen molar-refractivity contribution in [3.8, 4) is 5.75 Å². The molecule has 4 rings (SSSR count). The van der Waals surface area contributed by atoms with Gasteiger partial charge in [-0.3, -0.25) is 14.6 Å². The molecule has 0 aliphatic rings. The van der Waals surface area contributed by atoms with E-state index < -0.39 is 17.7 Å². The number of fused-ring (bicyclic) bond motifs is 3. The number of rotatable bonds is 6. The average Bonchev–Trinajstić information content (AvgIpc) is 3.04. The van der Waals surface area contributed by atoms with Crippen LogP contribution in [0, 0.1) is 0 Å². The molecule has 164 valence electrons. The van der Waals surface area contributed by atoms with Crippen LogP contribution < -0.4 is 5.32 Å². The predicted octanol–water partition coefficient (Wildman–Crippen LogP) is 4.16. The van der Waals surface area contributed by atoms with Crippen molar-refractivity contribution in [1.82, 2.24) is 9.55 Å². The molecule has 0 saturated carbocycles. The van der Waals surface area contributed by atoms with Crippen LogP contribution in [0.2, 0.25) is 0 Å². The van der Waals surface area contributed by atoms with E-state index in [1.165, 1.54) is 24.5 Å². The first kappa shape index (κ1) is 21.2. The number of aliphatic carboxylic acids is 1. The Hall–Kier alpha value is -4.08. The number of carbonyl (C=O) groups is 2. The molecule has 0 bridgehead atoms. The second-order valence-electron chi connectivity index (χ2n) is 7.16. The summed E-state index contributed by atoms with van der Waals surface area (Å²) in [7, 11) is 0. The molecular weight excluding hydrogens is 427 g/mol. The highest BCUT2D eigenvalue weighted by Gasteiger charge is 2.30. The third-order valence-corrected chi connectivity index (χ3v) is 5.17. The van der Waals surface area contributed by atoms with Crippen molar-refractivity contribution in [3.05, 3.63) is 65.5 Å². The minimum Gasteiger partial charge on any atom is -0.506 e. The number of nitrogens with one attached hydrogen (secondary N) is 1. The van der Waals surface area contributed by atoms with E-state index in [9.17, 15) is 33.0 Å². The van der Waals surface area contributed by atoms with E-state index in [1.54, 1.807) is 16.7 Å². The van der Waals surface area contributed by atoms with E-state index >= 15 is 0 Å². The monoisotopic (exact) mass is 443 g/mol. The number of hydrogen-bond acceptors (Lipinski definition) is 4. The van der Waals surface area contributed by atoms with Crippen molar-refractivity contribution in [3.63, 3.8) is 0 Å². The van der Waals surface area contributed by atoms with Gasteiger partial charge in [0.2, 0.25) is 6.41 Å². The number of aromatic nitrogens is 2. The number of aromatic hydroxyl groups is 1. The topological polar surface area (TPSA) is 104 Å². The van der Waals surface area contributed by atoms with Gasteiger partial charge in [0.05, 0.1) is 46.5 Å². The number of halogens is 3. The number of nitrogens with zero attached hydrogens (tertiary/aromatic N) is 2. The Morgan fingerprint density at radius 2 is 1.78 bits per heavy atom. The minimum atomic E-state index is -4.45. The van der Waals surface area contributed by atoms with Gasteiger partial charge in [-0.15, -0.1) is 0 Å². The molecule has 2 heterocycles. The maximum atomic E-state index is 12.9. The molecule has 1 amide bonds. The molecule has 4 aromatic rings. The first-order valence-electron chi connectivity index (χ1n) is 9.39. The number of benzene rings is 2. The quantitative estimate of drug-likeness (QED) is 0.388. The zero-order valence-corrected chi connectivity index (χ0v) is 16.3. The Balaban J connectivity index is 1.94. The molecule has 0 saturated heterocycles. The van der Waals surface area contributed by atoms with Crippen LogP contribution >= 0.6 is 0 Å². The fraction of sp³-hybridized carbons (Fsp3) is 0.136. The van der Waals surface area contributed by atoms with E-state index in [1.807, 2.05) is 0 Å². The molecule has 0 unspecified atom stereocenters. The van der Waals surface area contributed by atoms with Crippen molar-refractivity contribution >= 4 is 39.9 Å². The summed E-state index contributed by atoms with van der Waals surface area (Å²) >= 11 is 0. The van der Waals surface area contributed by atoms with Crippen LogP contribution in [0.25, 0.3) is 21.8 Å². The normalized spacial score (nSPS) is 11.7. The summed E-state index contributed by atoms with van der Waals surface area (Å²) in [6.45, 7) is 0.155. The number of alkyl halides is 3. The van der Waals surface area contributed by atoms with Gasteiger partial charge in [0.1, 0.15) is 5.75 Å². The van der Waals surface area contributed by atoms with Crippen molar-refractivity contribution in [1.29, 1.82) is 0 Å². The lowest BCUT2D eigenvalue weighted by molar-refractivity contribution is -0.138. The molecule has 7 nitrogen and oxygen atoms in total. The second-order valence-corrected chi connectivity index (χ2v) is 7.16. The molecule has 0 fully saturated rings. The van der Waals surface area contributed by atoms with Gasteiger partial charge in [-0.05, 0) is 29.3 Å². The third-order valence-electron chi connectivity index (χ3n) is 5.17. The van der Waals surface area contributed by atoms with Gasteiger partial charge in [-0.2, -0.15) is 13.2 Å². The van der Waals surface area contributed by atoms with Crippen molar-refractivity contribution in [2.45, 2.75) is 19.1 Å². The highest BCUT2D eigenvalue weighted by molar-refractivity contribution is 6.18. The molecule has 2 aromatic heterocycles. The van der Waals surface area contributed by atoms with Crippen molar-refractivity contribution in [2.24, 2.45) is 0 Å². The van der Waals surface area contributed by atoms with Crippen molar-refractivity contribution < 1.29 is 33.0 Å². The second kappa shape index (κ2) is 7.88. The Kier molecular flexibility index (Phi) is 5.21. The summed E-state index contributed by atoms with van der Waals surface area (Å²) in [6, 6.07) is 7.90. The number of anilines is 1. The van der Waals surface area contributed by atoms with E-state index in [0.29, 0.717) is 39.3 Å². The average molecular weight is 443 g/mol. The Bertz CT molecular complexity index is 1350. The van der Waals surface area contributed by atoms with Gasteiger partial charge in [-0.25, -0.2) is 0 Å². The standard InChI is InChI=1S/C22H16F3N3O4/c23-22(24,25)14-4-1-12(2-5-14)10-28-15-6-3-13(7-18(31)32)21(27-11-29)20(15)19-16(28)8-26-9-17(19)30/h1-6,8-9,11,30H,7,10H2,(H,27,29)(H,31,32). The summed E-state index contributed by atoms with van der Waals surface area (Å²) < 4.78 is 40.4. The zero-order valence-electron chi connectivity index (χ0n) is 16.3. The summed E-state index contributed by atoms with van der Waals surface area (Å²) in [5, 5.41) is 23.0. The number of carboxylic acid groups (broad SMARTS) is 1. The van der Waals surface area contributed by atoms with Crippen molar-refractivity contribution in [2.75, 3.05) is 5.32 Å². The molecular formula is C22H16F3N3O4. The van der Waals surface area contributed by atoms with Crippen LogP contribution in [0.15, 0.2) is 48.8 Å². The van der Waals surface area contributed by atoms with E-state index in [0.717, 1.165) is 12.1 Å². The van der Waals surface area contributed by atoms with Crippen LogP contribution in [-0.2, 0) is 28.7 Å². The number of carbonyl (C=O) groups excluding carboxylic acids is 1. The summed E-state index contributed by atoms with van der Waals surface area (Å²) in [5.41, 5.74) is 1.39. The highest BCUT2D eigenvalue weighted by atomic mass is 19.4. The lowest BCUT2D eigenvalue weighted by Gasteiger charge is -2.12. The van der Waals surface area contributed by atoms with Gasteiger partial charge >= 0.3 is 12.1 Å². The molecule has 10 heteroatoms. The Morgan fingerprint density at radius 1 is 1.06 bits per heavy atom. The fourth-order valence-electron chi connectivity index (χ4n) is 3.83. The molecule has 0 aliphatic heterocycles. The van der Waals surface area contributed by atoms with Gasteiger partial charge in [0, 0.05) is 11.9 Å². The lowest BCUT2D eigenvalue weighted by Crippen LogP contribution is -2.07. The summed E-state index contributed by atoms with van der Waals surface area (Å²) in [6.07, 6.45) is -1.68. The Labute approximate surface area is 178 Å². The van der Waals surface area contributed by atoms with E-state index in [2.05, 4.69) is 10.3 Å². The van der Waals surface area contributed by atoms with Crippen LogP contribution in [0.4, 0.5) is 18.9 Å². The minimum absolute atomic E-state index is 0.155. The predicted molar refractivity (Wildman–Crippen MR) is 110 cm³/mol. The summed E-state index contributed by atoms with van der Waals surface area (Å²) in [5.74, 6) is -1.28. The molecule has 0 spiro atoms. The maximum absolute atomic E-state index is 12.9. The summed E-state index contributed by atoms with van der Waals surface area (Å²) in [4.78, 5) is 26.5. The zero-order chi connectivity index (χ0) is 23.0. The van der Waals surface area contributed by atoms with Gasteiger partial charge < -0.3 is 20.1 Å². The van der Waals surface area contributed by atoms with Crippen LogP contribution in [0.3, 0.4) is 0 Å². The smallest absolute Gasteiger partial charge is 0.416 e. The van der Waals surface area contributed by atoms with E-state index in [4.69, 9.17) is 0 Å². The molecule has 0 atom stereocenters. The lowest BCUT2D eigenvalue weighted by atomic mass is 10.0. The first-order chi connectivity index (χ1) is 15.2. The van der Waals surface area contributed by atoms with Gasteiger partial charge in [-0.1, -0.05) is 18.2 Å². The maximum Gasteiger partial charge on any atom is 0.416 e. The number of carboxylic acids is 1. The van der Waals surface area contributed by atoms with E-state index in [-0.39, 0.29) is 24.4 Å². The van der Waals surface area contributed by atoms with Crippen LogP contribution in [0.5, 0.6) is 5.75 Å². The van der Waals surface area contributed by atoms with Gasteiger partial charge in [0.15, 0.2) is 0 Å². The molecule has 32 heavy (non-hydrogen) atoms. The number of amides is 1. The molecule has 3 N–H and O–H groups in total. The van der Waals surface area contributed by atoms with Gasteiger partial charge in [0.25, 0.3) is 0 Å².